The summed E-state index contributed by atoms with van der Waals surface area (Å²) in [5.41, 5.74) is 2.73. The summed E-state index contributed by atoms with van der Waals surface area (Å²) in [5, 5.41) is 3.79. The van der Waals surface area contributed by atoms with Crippen LogP contribution in [0.25, 0.3) is 11.0 Å². The maximum Gasteiger partial charge on any atom is 0.228 e. The van der Waals surface area contributed by atoms with E-state index in [2.05, 4.69) is 5.32 Å². The summed E-state index contributed by atoms with van der Waals surface area (Å²) in [6, 6.07) is 14.6. The highest BCUT2D eigenvalue weighted by molar-refractivity contribution is 6.10. The van der Waals surface area contributed by atoms with Crippen LogP contribution < -0.4 is 5.32 Å². The van der Waals surface area contributed by atoms with E-state index in [-0.39, 0.29) is 17.6 Å². The van der Waals surface area contributed by atoms with Gasteiger partial charge in [-0.25, -0.2) is 0 Å². The Morgan fingerprint density at radius 3 is 2.54 bits per heavy atom. The van der Waals surface area contributed by atoms with Crippen LogP contribution in [0.1, 0.15) is 34.5 Å². The molecule has 24 heavy (non-hydrogen) atoms. The van der Waals surface area contributed by atoms with Crippen molar-refractivity contribution in [1.29, 1.82) is 0 Å². The summed E-state index contributed by atoms with van der Waals surface area (Å²) in [6.07, 6.45) is 1.92. The maximum atomic E-state index is 12.6. The fourth-order valence-corrected chi connectivity index (χ4v) is 2.83. The molecule has 1 saturated carbocycles. The monoisotopic (exact) mass is 319 g/mol. The Labute approximate surface area is 139 Å². The molecule has 4 nitrogen and oxygen atoms in total. The Morgan fingerprint density at radius 2 is 1.83 bits per heavy atom. The van der Waals surface area contributed by atoms with Gasteiger partial charge in [-0.2, -0.15) is 0 Å². The maximum absolute atomic E-state index is 12.6. The Bertz CT molecular complexity index is 936. The van der Waals surface area contributed by atoms with E-state index < -0.39 is 0 Å². The summed E-state index contributed by atoms with van der Waals surface area (Å²) in [4.78, 5) is 24.5. The number of anilines is 1. The molecule has 0 spiro atoms. The predicted molar refractivity (Wildman–Crippen MR) is 92.2 cm³/mol. The number of furan rings is 1. The number of benzene rings is 2. The van der Waals surface area contributed by atoms with Crippen LogP contribution in [0.3, 0.4) is 0 Å². The van der Waals surface area contributed by atoms with Crippen molar-refractivity contribution in [3.05, 3.63) is 65.4 Å². The van der Waals surface area contributed by atoms with E-state index in [4.69, 9.17) is 4.42 Å². The molecule has 1 aliphatic carbocycles. The topological polar surface area (TPSA) is 59.3 Å². The first kappa shape index (κ1) is 14.7. The normalized spacial score (nSPS) is 13.9. The van der Waals surface area contributed by atoms with Gasteiger partial charge in [0.05, 0.1) is 0 Å². The third-order valence-corrected chi connectivity index (χ3v) is 4.40. The molecule has 0 aliphatic heterocycles. The molecule has 0 unspecified atom stereocenters. The fourth-order valence-electron chi connectivity index (χ4n) is 2.83. The smallest absolute Gasteiger partial charge is 0.228 e. The molecule has 3 aromatic rings. The van der Waals surface area contributed by atoms with Crippen molar-refractivity contribution in [2.24, 2.45) is 5.92 Å². The van der Waals surface area contributed by atoms with Gasteiger partial charge >= 0.3 is 0 Å². The van der Waals surface area contributed by atoms with E-state index in [0.717, 1.165) is 23.8 Å². The minimum atomic E-state index is -0.132. The molecule has 1 amide bonds. The summed E-state index contributed by atoms with van der Waals surface area (Å²) in [5.74, 6) is 0.419. The average molecular weight is 319 g/mol. The number of hydrogen-bond donors (Lipinski definition) is 1. The van der Waals surface area contributed by atoms with Crippen LogP contribution in [0.15, 0.2) is 52.9 Å². The van der Waals surface area contributed by atoms with Gasteiger partial charge in [-0.1, -0.05) is 30.3 Å². The number of nitrogens with one attached hydrogen (secondary N) is 1. The van der Waals surface area contributed by atoms with Gasteiger partial charge in [-0.15, -0.1) is 0 Å². The number of carbonyl (C=O) groups is 2. The minimum Gasteiger partial charge on any atom is -0.452 e. The van der Waals surface area contributed by atoms with E-state index in [1.54, 1.807) is 18.2 Å². The third kappa shape index (κ3) is 2.60. The van der Waals surface area contributed by atoms with Gasteiger partial charge in [-0.05, 0) is 31.9 Å². The van der Waals surface area contributed by atoms with Crippen molar-refractivity contribution in [3.63, 3.8) is 0 Å². The predicted octanol–water partition coefficient (Wildman–Crippen LogP) is 4.32. The van der Waals surface area contributed by atoms with E-state index in [1.165, 1.54) is 0 Å². The summed E-state index contributed by atoms with van der Waals surface area (Å²) in [6.45, 7) is 1.88. The second-order valence-corrected chi connectivity index (χ2v) is 6.23. The zero-order chi connectivity index (χ0) is 16.7. The fraction of sp³-hybridized carbons (Fsp3) is 0.200. The molecule has 1 heterocycles. The molecule has 120 valence electrons. The molecule has 2 aromatic carbocycles. The van der Waals surface area contributed by atoms with Gasteiger partial charge in [0.25, 0.3) is 0 Å². The number of rotatable bonds is 4. The van der Waals surface area contributed by atoms with Crippen molar-refractivity contribution >= 4 is 28.3 Å². The van der Waals surface area contributed by atoms with Crippen LogP contribution in [0.4, 0.5) is 5.69 Å². The Kier molecular flexibility index (Phi) is 3.45. The first-order chi connectivity index (χ1) is 11.6. The minimum absolute atomic E-state index is 0.0539. The highest BCUT2D eigenvalue weighted by Crippen LogP contribution is 2.32. The Balaban J connectivity index is 1.69. The van der Waals surface area contributed by atoms with Gasteiger partial charge in [0.1, 0.15) is 5.58 Å². The van der Waals surface area contributed by atoms with Crippen LogP contribution >= 0.6 is 0 Å². The number of hydrogen-bond acceptors (Lipinski definition) is 3. The molecule has 1 aliphatic rings. The molecule has 0 saturated heterocycles. The molecule has 0 radical (unpaired) electrons. The standard InChI is InChI=1S/C20H17NO3/c1-12-16-10-9-15(21-20(23)14-7-8-14)11-17(16)24-19(12)18(22)13-5-3-2-4-6-13/h2-6,9-11,14H,7-8H2,1H3,(H,21,23). The number of aryl methyl sites for hydroxylation is 1. The third-order valence-electron chi connectivity index (χ3n) is 4.40. The average Bonchev–Trinajstić information content (AvgIpc) is 3.40. The Morgan fingerprint density at radius 1 is 1.08 bits per heavy atom. The van der Waals surface area contributed by atoms with Gasteiger partial charge in [0, 0.05) is 34.2 Å². The molecular formula is C20H17NO3. The molecule has 1 fully saturated rings. The first-order valence-corrected chi connectivity index (χ1v) is 8.07. The SMILES string of the molecule is Cc1c(C(=O)c2ccccc2)oc2cc(NC(=O)C3CC3)ccc12. The summed E-state index contributed by atoms with van der Waals surface area (Å²) < 4.78 is 5.81. The van der Waals surface area contributed by atoms with Crippen LogP contribution in [0.5, 0.6) is 0 Å². The van der Waals surface area contributed by atoms with E-state index in [1.807, 2.05) is 37.3 Å². The highest BCUT2D eigenvalue weighted by atomic mass is 16.3. The van der Waals surface area contributed by atoms with Crippen molar-refractivity contribution in [2.75, 3.05) is 5.32 Å². The lowest BCUT2D eigenvalue weighted by molar-refractivity contribution is -0.117. The molecule has 4 rings (SSSR count). The second kappa shape index (κ2) is 5.64. The number of fused-ring (bicyclic) bond motifs is 1. The summed E-state index contributed by atoms with van der Waals surface area (Å²) >= 11 is 0. The van der Waals surface area contributed by atoms with Crippen molar-refractivity contribution in [3.8, 4) is 0 Å². The Hall–Kier alpha value is -2.88. The molecule has 4 heteroatoms. The summed E-state index contributed by atoms with van der Waals surface area (Å²) in [7, 11) is 0. The number of amides is 1. The molecular weight excluding hydrogens is 302 g/mol. The zero-order valence-electron chi connectivity index (χ0n) is 13.3. The van der Waals surface area contributed by atoms with Crippen LogP contribution in [-0.2, 0) is 4.79 Å². The van der Waals surface area contributed by atoms with Gasteiger partial charge in [-0.3, -0.25) is 9.59 Å². The quantitative estimate of drug-likeness (QED) is 0.729. The molecule has 1 aromatic heterocycles. The van der Waals surface area contributed by atoms with Gasteiger partial charge in [0.2, 0.25) is 11.7 Å². The largest absolute Gasteiger partial charge is 0.452 e. The van der Waals surface area contributed by atoms with E-state index >= 15 is 0 Å². The zero-order valence-corrected chi connectivity index (χ0v) is 13.3. The first-order valence-electron chi connectivity index (χ1n) is 8.07. The molecule has 0 bridgehead atoms. The molecule has 1 N–H and O–H groups in total. The van der Waals surface area contributed by atoms with E-state index in [0.29, 0.717) is 22.6 Å². The van der Waals surface area contributed by atoms with Gasteiger partial charge < -0.3 is 9.73 Å². The lowest BCUT2D eigenvalue weighted by Gasteiger charge is -2.03. The highest BCUT2D eigenvalue weighted by Gasteiger charge is 2.29. The van der Waals surface area contributed by atoms with Crippen LogP contribution in [0.2, 0.25) is 0 Å². The van der Waals surface area contributed by atoms with Crippen molar-refractivity contribution in [2.45, 2.75) is 19.8 Å². The van der Waals surface area contributed by atoms with E-state index in [9.17, 15) is 9.59 Å². The van der Waals surface area contributed by atoms with Gasteiger partial charge in [0.15, 0.2) is 5.76 Å². The van der Waals surface area contributed by atoms with Crippen molar-refractivity contribution < 1.29 is 14.0 Å². The molecule has 0 atom stereocenters. The van der Waals surface area contributed by atoms with Crippen LogP contribution in [0, 0.1) is 12.8 Å². The van der Waals surface area contributed by atoms with Crippen LogP contribution in [-0.4, -0.2) is 11.7 Å². The van der Waals surface area contributed by atoms with Crippen molar-refractivity contribution in [1.82, 2.24) is 0 Å². The number of ketones is 1. The lowest BCUT2D eigenvalue weighted by atomic mass is 10.0. The number of carbonyl (C=O) groups excluding carboxylic acids is 2. The second-order valence-electron chi connectivity index (χ2n) is 6.23. The lowest BCUT2D eigenvalue weighted by Crippen LogP contribution is -2.12.